The van der Waals surface area contributed by atoms with Crippen LogP contribution in [0.2, 0.25) is 0 Å². The summed E-state index contributed by atoms with van der Waals surface area (Å²) in [5, 5.41) is 0.216. The summed E-state index contributed by atoms with van der Waals surface area (Å²) in [5.41, 5.74) is -0.408. The Morgan fingerprint density at radius 1 is 1.36 bits per heavy atom. The van der Waals surface area contributed by atoms with Crippen LogP contribution in [-0.4, -0.2) is 35.1 Å². The van der Waals surface area contributed by atoms with Gasteiger partial charge in [-0.1, -0.05) is 0 Å². The molecule has 0 spiro atoms. The molecular formula is C10H18ClNO2. The number of ether oxygens (including phenoxy) is 1. The summed E-state index contributed by atoms with van der Waals surface area (Å²) < 4.78 is 5.26. The van der Waals surface area contributed by atoms with E-state index in [-0.39, 0.29) is 11.5 Å². The van der Waals surface area contributed by atoms with Gasteiger partial charge in [-0.2, -0.15) is 0 Å². The van der Waals surface area contributed by atoms with Gasteiger partial charge in [-0.3, -0.25) is 0 Å². The lowest BCUT2D eigenvalue weighted by molar-refractivity contribution is 0.0218. The maximum absolute atomic E-state index is 11.6. The Hall–Kier alpha value is -0.440. The number of hydrogen-bond acceptors (Lipinski definition) is 2. The zero-order valence-corrected chi connectivity index (χ0v) is 9.80. The highest BCUT2D eigenvalue weighted by atomic mass is 35.5. The maximum atomic E-state index is 11.6. The lowest BCUT2D eigenvalue weighted by atomic mass is 10.1. The van der Waals surface area contributed by atoms with E-state index < -0.39 is 5.60 Å². The van der Waals surface area contributed by atoms with Gasteiger partial charge in [0, 0.05) is 18.5 Å². The van der Waals surface area contributed by atoms with Gasteiger partial charge < -0.3 is 9.64 Å². The summed E-state index contributed by atoms with van der Waals surface area (Å²) in [6.45, 7) is 7.05. The average molecular weight is 220 g/mol. The number of rotatable bonds is 0. The number of alkyl halides is 1. The monoisotopic (exact) mass is 219 g/mol. The Balaban J connectivity index is 2.38. The molecule has 0 aliphatic carbocycles. The van der Waals surface area contributed by atoms with Crippen LogP contribution in [0.3, 0.4) is 0 Å². The molecule has 0 aromatic carbocycles. The van der Waals surface area contributed by atoms with E-state index in [2.05, 4.69) is 0 Å². The molecule has 1 saturated heterocycles. The SMILES string of the molecule is CC(C)(C)OC(=O)N1CCC(Cl)CC1. The number of carbonyl (C=O) groups is 1. The molecule has 1 aliphatic heterocycles. The largest absolute Gasteiger partial charge is 0.444 e. The molecule has 4 heteroatoms. The van der Waals surface area contributed by atoms with Gasteiger partial charge in [0.25, 0.3) is 0 Å². The number of halogens is 1. The van der Waals surface area contributed by atoms with Crippen LogP contribution in [0.4, 0.5) is 4.79 Å². The van der Waals surface area contributed by atoms with Gasteiger partial charge in [0.2, 0.25) is 0 Å². The highest BCUT2D eigenvalue weighted by Crippen LogP contribution is 2.18. The Morgan fingerprint density at radius 2 is 1.86 bits per heavy atom. The number of carbonyl (C=O) groups excluding carboxylic acids is 1. The van der Waals surface area contributed by atoms with Crippen LogP contribution in [0.15, 0.2) is 0 Å². The fraction of sp³-hybridized carbons (Fsp3) is 0.900. The van der Waals surface area contributed by atoms with Crippen LogP contribution < -0.4 is 0 Å². The van der Waals surface area contributed by atoms with Gasteiger partial charge >= 0.3 is 6.09 Å². The molecule has 0 N–H and O–H groups in total. The second-order valence-electron chi connectivity index (χ2n) is 4.64. The summed E-state index contributed by atoms with van der Waals surface area (Å²) in [6, 6.07) is 0. The Morgan fingerprint density at radius 3 is 2.29 bits per heavy atom. The molecule has 1 aliphatic rings. The van der Waals surface area contributed by atoms with E-state index in [9.17, 15) is 4.79 Å². The normalized spacial score (nSPS) is 19.6. The Kier molecular flexibility index (Phi) is 3.65. The van der Waals surface area contributed by atoms with Crippen molar-refractivity contribution < 1.29 is 9.53 Å². The van der Waals surface area contributed by atoms with Gasteiger partial charge in [-0.15, -0.1) is 11.6 Å². The Bertz CT molecular complexity index is 205. The quantitative estimate of drug-likeness (QED) is 0.587. The summed E-state index contributed by atoms with van der Waals surface area (Å²) in [4.78, 5) is 13.3. The van der Waals surface area contributed by atoms with Crippen LogP contribution in [0.1, 0.15) is 33.6 Å². The molecule has 14 heavy (non-hydrogen) atoms. The molecule has 0 radical (unpaired) electrons. The van der Waals surface area contributed by atoms with Gasteiger partial charge in [0.05, 0.1) is 0 Å². The van der Waals surface area contributed by atoms with Gasteiger partial charge in [-0.25, -0.2) is 4.79 Å². The number of amides is 1. The van der Waals surface area contributed by atoms with E-state index >= 15 is 0 Å². The first kappa shape index (κ1) is 11.6. The van der Waals surface area contributed by atoms with Crippen LogP contribution in [-0.2, 0) is 4.74 Å². The maximum Gasteiger partial charge on any atom is 0.410 e. The van der Waals surface area contributed by atoms with Gasteiger partial charge in [0.15, 0.2) is 0 Å². The minimum absolute atomic E-state index is 0.216. The summed E-state index contributed by atoms with van der Waals surface area (Å²) in [7, 11) is 0. The van der Waals surface area contributed by atoms with Crippen molar-refractivity contribution in [2.24, 2.45) is 0 Å². The van der Waals surface area contributed by atoms with Crippen molar-refractivity contribution in [2.45, 2.75) is 44.6 Å². The lowest BCUT2D eigenvalue weighted by Gasteiger charge is -2.31. The summed E-state index contributed by atoms with van der Waals surface area (Å²) in [6.07, 6.45) is 1.50. The molecule has 0 atom stereocenters. The zero-order valence-electron chi connectivity index (χ0n) is 9.05. The fourth-order valence-corrected chi connectivity index (χ4v) is 1.55. The molecule has 82 valence electrons. The van der Waals surface area contributed by atoms with Crippen molar-refractivity contribution >= 4 is 17.7 Å². The molecular weight excluding hydrogens is 202 g/mol. The number of piperidine rings is 1. The molecule has 0 aromatic rings. The van der Waals surface area contributed by atoms with Crippen molar-refractivity contribution in [1.82, 2.24) is 4.90 Å². The molecule has 1 amide bonds. The number of nitrogens with zero attached hydrogens (tertiary/aromatic N) is 1. The molecule has 0 saturated carbocycles. The van der Waals surface area contributed by atoms with E-state index in [0.29, 0.717) is 13.1 Å². The minimum atomic E-state index is -0.408. The Labute approximate surface area is 90.4 Å². The smallest absolute Gasteiger partial charge is 0.410 e. The third-order valence-corrected chi connectivity index (χ3v) is 2.51. The molecule has 1 fully saturated rings. The van der Waals surface area contributed by atoms with E-state index in [0.717, 1.165) is 12.8 Å². The first-order chi connectivity index (χ1) is 6.38. The third-order valence-electron chi connectivity index (χ3n) is 2.08. The second-order valence-corrected chi connectivity index (χ2v) is 5.26. The predicted molar refractivity (Wildman–Crippen MR) is 56.7 cm³/mol. The van der Waals surface area contributed by atoms with Crippen LogP contribution in [0, 0.1) is 0 Å². The van der Waals surface area contributed by atoms with Crippen molar-refractivity contribution in [3.63, 3.8) is 0 Å². The molecule has 0 bridgehead atoms. The van der Waals surface area contributed by atoms with Crippen LogP contribution in [0.25, 0.3) is 0 Å². The average Bonchev–Trinajstić information content (AvgIpc) is 2.02. The topological polar surface area (TPSA) is 29.5 Å². The van der Waals surface area contributed by atoms with Crippen molar-refractivity contribution in [3.05, 3.63) is 0 Å². The molecule has 1 heterocycles. The number of likely N-dealkylation sites (tertiary alicyclic amines) is 1. The zero-order chi connectivity index (χ0) is 10.8. The van der Waals surface area contributed by atoms with Crippen molar-refractivity contribution in [1.29, 1.82) is 0 Å². The molecule has 3 nitrogen and oxygen atoms in total. The highest BCUT2D eigenvalue weighted by molar-refractivity contribution is 6.20. The molecule has 1 rings (SSSR count). The van der Waals surface area contributed by atoms with Crippen LogP contribution >= 0.6 is 11.6 Å². The lowest BCUT2D eigenvalue weighted by Crippen LogP contribution is -2.41. The van der Waals surface area contributed by atoms with E-state index in [1.165, 1.54) is 0 Å². The molecule has 0 aromatic heterocycles. The summed E-state index contributed by atoms with van der Waals surface area (Å²) >= 11 is 5.94. The van der Waals surface area contributed by atoms with Crippen LogP contribution in [0.5, 0.6) is 0 Å². The van der Waals surface area contributed by atoms with E-state index in [1.807, 2.05) is 20.8 Å². The summed E-state index contributed by atoms with van der Waals surface area (Å²) in [5.74, 6) is 0. The van der Waals surface area contributed by atoms with Crippen molar-refractivity contribution in [2.75, 3.05) is 13.1 Å². The third kappa shape index (κ3) is 3.74. The minimum Gasteiger partial charge on any atom is -0.444 e. The predicted octanol–water partition coefficient (Wildman–Crippen LogP) is 2.62. The van der Waals surface area contributed by atoms with Crippen molar-refractivity contribution in [3.8, 4) is 0 Å². The molecule has 0 unspecified atom stereocenters. The fourth-order valence-electron chi connectivity index (χ4n) is 1.36. The standard InChI is InChI=1S/C10H18ClNO2/c1-10(2,3)14-9(13)12-6-4-8(11)5-7-12/h8H,4-7H2,1-3H3. The second kappa shape index (κ2) is 4.39. The first-order valence-corrected chi connectivity index (χ1v) is 5.44. The van der Waals surface area contributed by atoms with Gasteiger partial charge in [-0.05, 0) is 33.6 Å². The van der Waals surface area contributed by atoms with E-state index in [1.54, 1.807) is 4.90 Å². The first-order valence-electron chi connectivity index (χ1n) is 5.00. The van der Waals surface area contributed by atoms with Gasteiger partial charge in [0.1, 0.15) is 5.60 Å². The highest BCUT2D eigenvalue weighted by Gasteiger charge is 2.25. The number of hydrogen-bond donors (Lipinski definition) is 0. The van der Waals surface area contributed by atoms with E-state index in [4.69, 9.17) is 16.3 Å².